The first-order valence-electron chi connectivity index (χ1n) is 11.7. The van der Waals surface area contributed by atoms with Gasteiger partial charge in [0, 0.05) is 37.7 Å². The van der Waals surface area contributed by atoms with Gasteiger partial charge in [-0.25, -0.2) is 9.59 Å². The molecule has 0 saturated heterocycles. The lowest BCUT2D eigenvalue weighted by atomic mass is 10.2. The van der Waals surface area contributed by atoms with Gasteiger partial charge in [0.15, 0.2) is 6.29 Å². The summed E-state index contributed by atoms with van der Waals surface area (Å²) in [5, 5.41) is 7.95. The van der Waals surface area contributed by atoms with Gasteiger partial charge in [0.05, 0.1) is 20.2 Å². The first kappa shape index (κ1) is 28.6. The zero-order valence-corrected chi connectivity index (χ0v) is 20.9. The van der Waals surface area contributed by atoms with Crippen molar-refractivity contribution in [1.29, 1.82) is 0 Å². The number of carbonyl (C=O) groups excluding carboxylic acids is 3. The average Bonchev–Trinajstić information content (AvgIpc) is 2.90. The van der Waals surface area contributed by atoms with Gasteiger partial charge in [-0.2, -0.15) is 0 Å². The van der Waals surface area contributed by atoms with E-state index >= 15 is 0 Å². The highest BCUT2D eigenvalue weighted by atomic mass is 16.7. The Morgan fingerprint density at radius 2 is 1.53 bits per heavy atom. The first-order valence-corrected chi connectivity index (χ1v) is 11.7. The Kier molecular flexibility index (Phi) is 12.2. The smallest absolute Gasteiger partial charge is 0.407 e. The quantitative estimate of drug-likeness (QED) is 0.309. The van der Waals surface area contributed by atoms with Crippen molar-refractivity contribution in [2.24, 2.45) is 5.73 Å². The van der Waals surface area contributed by atoms with Crippen molar-refractivity contribution in [1.82, 2.24) is 10.6 Å². The number of rotatable bonds is 13. The standard InChI is InChI=1S/C25H35N5O6/c1-4-35-23(36-5-2)17-30(21-12-8-18(14-26)9-13-21)24(32)27-16-22(31)29-20-10-6-19(7-11-20)15-28-25(33)34-3/h6-13,23H,4-5,14-17,26H2,1-3H3,(H,27,32)(H,28,33)(H,29,31). The summed E-state index contributed by atoms with van der Waals surface area (Å²) in [6.45, 7) is 5.11. The average molecular weight is 502 g/mol. The van der Waals surface area contributed by atoms with Crippen molar-refractivity contribution in [2.75, 3.05) is 43.6 Å². The fourth-order valence-electron chi connectivity index (χ4n) is 3.20. The van der Waals surface area contributed by atoms with E-state index in [9.17, 15) is 14.4 Å². The summed E-state index contributed by atoms with van der Waals surface area (Å²) in [7, 11) is 1.29. The highest BCUT2D eigenvalue weighted by Gasteiger charge is 2.22. The molecule has 2 aromatic carbocycles. The van der Waals surface area contributed by atoms with E-state index in [1.54, 1.807) is 36.4 Å². The Labute approximate surface area is 211 Å². The third-order valence-corrected chi connectivity index (χ3v) is 5.03. The van der Waals surface area contributed by atoms with Gasteiger partial charge in [0.25, 0.3) is 0 Å². The molecule has 2 aromatic rings. The van der Waals surface area contributed by atoms with Crippen LogP contribution in [-0.2, 0) is 32.1 Å². The molecule has 0 radical (unpaired) electrons. The van der Waals surface area contributed by atoms with Crippen LogP contribution in [0.4, 0.5) is 21.0 Å². The number of hydrogen-bond acceptors (Lipinski definition) is 7. The Balaban J connectivity index is 1.99. The van der Waals surface area contributed by atoms with Gasteiger partial charge in [0.2, 0.25) is 5.91 Å². The minimum atomic E-state index is -0.624. The molecule has 11 heteroatoms. The highest BCUT2D eigenvalue weighted by Crippen LogP contribution is 2.17. The van der Waals surface area contributed by atoms with Crippen molar-refractivity contribution >= 4 is 29.4 Å². The molecule has 0 aliphatic heterocycles. The van der Waals surface area contributed by atoms with Crippen LogP contribution < -0.4 is 26.6 Å². The Morgan fingerprint density at radius 3 is 2.08 bits per heavy atom. The van der Waals surface area contributed by atoms with E-state index in [0.717, 1.165) is 11.1 Å². The van der Waals surface area contributed by atoms with Crippen LogP contribution in [0.3, 0.4) is 0 Å². The molecule has 11 nitrogen and oxygen atoms in total. The highest BCUT2D eigenvalue weighted by molar-refractivity contribution is 5.98. The lowest BCUT2D eigenvalue weighted by Gasteiger charge is -2.27. The topological polar surface area (TPSA) is 144 Å². The zero-order chi connectivity index (χ0) is 26.3. The monoisotopic (exact) mass is 501 g/mol. The number of amides is 4. The normalized spacial score (nSPS) is 10.6. The number of hydrogen-bond donors (Lipinski definition) is 4. The molecular weight excluding hydrogens is 466 g/mol. The molecule has 4 amide bonds. The van der Waals surface area contributed by atoms with E-state index in [-0.39, 0.29) is 13.1 Å². The number of alkyl carbamates (subject to hydrolysis) is 1. The van der Waals surface area contributed by atoms with Gasteiger partial charge in [-0.15, -0.1) is 0 Å². The van der Waals surface area contributed by atoms with E-state index in [1.165, 1.54) is 12.0 Å². The third kappa shape index (κ3) is 9.53. The molecular formula is C25H35N5O6. The molecule has 0 atom stereocenters. The van der Waals surface area contributed by atoms with Crippen LogP contribution in [0.2, 0.25) is 0 Å². The molecule has 0 fully saturated rings. The van der Waals surface area contributed by atoms with Crippen LogP contribution in [0.1, 0.15) is 25.0 Å². The van der Waals surface area contributed by atoms with Crippen molar-refractivity contribution < 1.29 is 28.6 Å². The molecule has 0 aromatic heterocycles. The zero-order valence-electron chi connectivity index (χ0n) is 20.9. The fraction of sp³-hybridized carbons (Fsp3) is 0.400. The molecule has 0 saturated carbocycles. The van der Waals surface area contributed by atoms with Gasteiger partial charge in [0.1, 0.15) is 0 Å². The summed E-state index contributed by atoms with van der Waals surface area (Å²) in [5.41, 5.74) is 8.61. The number of carbonyl (C=O) groups is 3. The third-order valence-electron chi connectivity index (χ3n) is 5.03. The maximum Gasteiger partial charge on any atom is 0.407 e. The number of nitrogens with zero attached hydrogens (tertiary/aromatic N) is 1. The number of methoxy groups -OCH3 is 1. The lowest BCUT2D eigenvalue weighted by Crippen LogP contribution is -2.47. The lowest BCUT2D eigenvalue weighted by molar-refractivity contribution is -0.128. The summed E-state index contributed by atoms with van der Waals surface area (Å²) in [5.74, 6) is -0.395. The summed E-state index contributed by atoms with van der Waals surface area (Å²) >= 11 is 0. The van der Waals surface area contributed by atoms with Crippen LogP contribution in [0.25, 0.3) is 0 Å². The second-order valence-electron chi connectivity index (χ2n) is 7.57. The molecule has 0 aliphatic rings. The number of nitrogens with two attached hydrogens (primary N) is 1. The Morgan fingerprint density at radius 1 is 0.917 bits per heavy atom. The largest absolute Gasteiger partial charge is 0.453 e. The maximum absolute atomic E-state index is 13.0. The molecule has 0 heterocycles. The molecule has 196 valence electrons. The van der Waals surface area contributed by atoms with Crippen LogP contribution in [0.5, 0.6) is 0 Å². The molecule has 2 rings (SSSR count). The molecule has 0 unspecified atom stereocenters. The van der Waals surface area contributed by atoms with E-state index in [4.69, 9.17) is 15.2 Å². The van der Waals surface area contributed by atoms with Gasteiger partial charge in [-0.3, -0.25) is 9.69 Å². The van der Waals surface area contributed by atoms with Crippen molar-refractivity contribution in [2.45, 2.75) is 33.2 Å². The molecule has 0 aliphatic carbocycles. The summed E-state index contributed by atoms with van der Waals surface area (Å²) in [6.07, 6.45) is -1.15. The van der Waals surface area contributed by atoms with Gasteiger partial charge >= 0.3 is 12.1 Å². The first-order chi connectivity index (χ1) is 17.4. The fourth-order valence-corrected chi connectivity index (χ4v) is 3.20. The van der Waals surface area contributed by atoms with Gasteiger partial charge in [-0.1, -0.05) is 24.3 Å². The van der Waals surface area contributed by atoms with E-state index in [0.29, 0.717) is 37.7 Å². The number of anilines is 2. The molecule has 0 spiro atoms. The number of benzene rings is 2. The summed E-state index contributed by atoms with van der Waals surface area (Å²) in [6, 6.07) is 13.7. The van der Waals surface area contributed by atoms with Crippen LogP contribution in [-0.4, -0.2) is 57.7 Å². The summed E-state index contributed by atoms with van der Waals surface area (Å²) < 4.78 is 15.7. The van der Waals surface area contributed by atoms with E-state index in [1.807, 2.05) is 26.0 Å². The van der Waals surface area contributed by atoms with Crippen LogP contribution >= 0.6 is 0 Å². The van der Waals surface area contributed by atoms with Crippen molar-refractivity contribution in [3.05, 3.63) is 59.7 Å². The second-order valence-corrected chi connectivity index (χ2v) is 7.57. The van der Waals surface area contributed by atoms with Crippen molar-refractivity contribution in [3.63, 3.8) is 0 Å². The number of ether oxygens (including phenoxy) is 3. The minimum absolute atomic E-state index is 0.137. The molecule has 0 bridgehead atoms. The minimum Gasteiger partial charge on any atom is -0.453 e. The van der Waals surface area contributed by atoms with Crippen LogP contribution in [0.15, 0.2) is 48.5 Å². The molecule has 36 heavy (non-hydrogen) atoms. The van der Waals surface area contributed by atoms with Crippen molar-refractivity contribution in [3.8, 4) is 0 Å². The van der Waals surface area contributed by atoms with E-state index in [2.05, 4.69) is 20.7 Å². The Bertz CT molecular complexity index is 962. The summed E-state index contributed by atoms with van der Waals surface area (Å²) in [4.78, 5) is 38.1. The van der Waals surface area contributed by atoms with Gasteiger partial charge < -0.3 is 35.9 Å². The van der Waals surface area contributed by atoms with Crippen LogP contribution in [0, 0.1) is 0 Å². The SMILES string of the molecule is CCOC(CN(C(=O)NCC(=O)Nc1ccc(CNC(=O)OC)cc1)c1ccc(CN)cc1)OCC. The Hall–Kier alpha value is -3.67. The second kappa shape index (κ2) is 15.4. The maximum atomic E-state index is 13.0. The van der Waals surface area contributed by atoms with Gasteiger partial charge in [-0.05, 0) is 49.2 Å². The predicted molar refractivity (Wildman–Crippen MR) is 136 cm³/mol. The molecule has 5 N–H and O–H groups in total. The number of nitrogens with one attached hydrogen (secondary N) is 3. The van der Waals surface area contributed by atoms with E-state index < -0.39 is 24.3 Å². The predicted octanol–water partition coefficient (Wildman–Crippen LogP) is 2.56. The number of urea groups is 1.